The first-order valence-corrected chi connectivity index (χ1v) is 5.26. The Morgan fingerprint density at radius 1 is 1.19 bits per heavy atom. The Balaban J connectivity index is 2.59. The van der Waals surface area contributed by atoms with E-state index in [1.54, 1.807) is 6.20 Å². The van der Waals surface area contributed by atoms with Crippen LogP contribution in [0.3, 0.4) is 0 Å². The lowest BCUT2D eigenvalue weighted by Gasteiger charge is -2.06. The molecule has 0 fully saturated rings. The highest BCUT2D eigenvalue weighted by atomic mass is 15.3. The number of aryl methyl sites for hydroxylation is 2. The number of pyridine rings is 1. The SMILES string of the molecule is Cc1cnc(-n2nc(C)c(C)c2C)cc1N. The van der Waals surface area contributed by atoms with Gasteiger partial charge in [0.25, 0.3) is 0 Å². The molecule has 84 valence electrons. The van der Waals surface area contributed by atoms with Crippen LogP contribution in [-0.2, 0) is 0 Å². The highest BCUT2D eigenvalue weighted by molar-refractivity contribution is 5.49. The van der Waals surface area contributed by atoms with Crippen LogP contribution in [0.15, 0.2) is 12.3 Å². The van der Waals surface area contributed by atoms with Gasteiger partial charge < -0.3 is 5.73 Å². The van der Waals surface area contributed by atoms with Gasteiger partial charge in [-0.15, -0.1) is 0 Å². The van der Waals surface area contributed by atoms with Gasteiger partial charge in [0.05, 0.1) is 5.69 Å². The molecule has 0 spiro atoms. The monoisotopic (exact) mass is 216 g/mol. The third-order valence-corrected chi connectivity index (χ3v) is 3.00. The van der Waals surface area contributed by atoms with E-state index in [0.717, 1.165) is 28.5 Å². The molecule has 0 saturated heterocycles. The summed E-state index contributed by atoms with van der Waals surface area (Å²) in [5.41, 5.74) is 10.9. The van der Waals surface area contributed by atoms with Crippen LogP contribution in [-0.4, -0.2) is 14.8 Å². The topological polar surface area (TPSA) is 56.7 Å². The summed E-state index contributed by atoms with van der Waals surface area (Å²) in [5, 5.41) is 4.45. The van der Waals surface area contributed by atoms with E-state index in [-0.39, 0.29) is 0 Å². The van der Waals surface area contributed by atoms with Crippen LogP contribution in [0.1, 0.15) is 22.5 Å². The average molecular weight is 216 g/mol. The molecule has 16 heavy (non-hydrogen) atoms. The molecule has 2 N–H and O–H groups in total. The maximum Gasteiger partial charge on any atom is 0.155 e. The second-order valence-electron chi connectivity index (χ2n) is 4.11. The minimum atomic E-state index is 0.746. The normalized spacial score (nSPS) is 10.8. The molecule has 4 heteroatoms. The number of aromatic nitrogens is 3. The van der Waals surface area contributed by atoms with Crippen molar-refractivity contribution in [2.24, 2.45) is 0 Å². The molecular weight excluding hydrogens is 200 g/mol. The highest BCUT2D eigenvalue weighted by Gasteiger charge is 2.10. The molecule has 0 aliphatic rings. The molecule has 2 aromatic rings. The lowest BCUT2D eigenvalue weighted by atomic mass is 10.2. The van der Waals surface area contributed by atoms with Gasteiger partial charge in [0.15, 0.2) is 5.82 Å². The summed E-state index contributed by atoms with van der Waals surface area (Å²) in [4.78, 5) is 4.35. The van der Waals surface area contributed by atoms with Gasteiger partial charge in [0, 0.05) is 23.6 Å². The van der Waals surface area contributed by atoms with Crippen LogP contribution in [0.25, 0.3) is 5.82 Å². The Bertz CT molecular complexity index is 540. The van der Waals surface area contributed by atoms with Crippen molar-refractivity contribution < 1.29 is 0 Å². The summed E-state index contributed by atoms with van der Waals surface area (Å²) in [7, 11) is 0. The molecular formula is C12H16N4. The summed E-state index contributed by atoms with van der Waals surface area (Å²) in [6, 6.07) is 1.86. The Morgan fingerprint density at radius 3 is 2.38 bits per heavy atom. The van der Waals surface area contributed by atoms with Crippen molar-refractivity contribution >= 4 is 5.69 Å². The molecule has 4 nitrogen and oxygen atoms in total. The van der Waals surface area contributed by atoms with E-state index >= 15 is 0 Å². The zero-order chi connectivity index (χ0) is 11.9. The highest BCUT2D eigenvalue weighted by Crippen LogP contribution is 2.18. The van der Waals surface area contributed by atoms with E-state index in [4.69, 9.17) is 5.73 Å². The van der Waals surface area contributed by atoms with Crippen molar-refractivity contribution in [1.29, 1.82) is 0 Å². The van der Waals surface area contributed by atoms with Gasteiger partial charge in [-0.1, -0.05) is 0 Å². The fraction of sp³-hybridized carbons (Fsp3) is 0.333. The molecule has 0 radical (unpaired) electrons. The molecule has 2 aromatic heterocycles. The molecule has 0 unspecified atom stereocenters. The van der Waals surface area contributed by atoms with Crippen molar-refractivity contribution in [2.75, 3.05) is 5.73 Å². The number of nitrogens with zero attached hydrogens (tertiary/aromatic N) is 3. The van der Waals surface area contributed by atoms with E-state index in [1.165, 1.54) is 5.56 Å². The summed E-state index contributed by atoms with van der Waals surface area (Å²) in [6.07, 6.45) is 1.77. The van der Waals surface area contributed by atoms with Gasteiger partial charge in [-0.2, -0.15) is 5.10 Å². The maximum atomic E-state index is 5.87. The van der Waals surface area contributed by atoms with Crippen LogP contribution in [0.2, 0.25) is 0 Å². The van der Waals surface area contributed by atoms with Gasteiger partial charge in [0.1, 0.15) is 0 Å². The quantitative estimate of drug-likeness (QED) is 0.794. The minimum absolute atomic E-state index is 0.746. The third kappa shape index (κ3) is 1.56. The molecule has 0 aliphatic carbocycles. The molecule has 2 heterocycles. The number of hydrogen-bond acceptors (Lipinski definition) is 3. The fourth-order valence-corrected chi connectivity index (χ4v) is 1.59. The van der Waals surface area contributed by atoms with Crippen LogP contribution in [0.4, 0.5) is 5.69 Å². The van der Waals surface area contributed by atoms with E-state index in [1.807, 2.05) is 31.5 Å². The molecule has 2 rings (SSSR count). The van der Waals surface area contributed by atoms with Crippen molar-refractivity contribution in [3.05, 3.63) is 34.8 Å². The Kier molecular flexibility index (Phi) is 2.42. The van der Waals surface area contributed by atoms with Gasteiger partial charge in [-0.05, 0) is 38.8 Å². The first-order chi connectivity index (χ1) is 7.50. The van der Waals surface area contributed by atoms with Crippen molar-refractivity contribution in [1.82, 2.24) is 14.8 Å². The number of nitrogens with two attached hydrogens (primary N) is 1. The van der Waals surface area contributed by atoms with Crippen molar-refractivity contribution in [2.45, 2.75) is 27.7 Å². The van der Waals surface area contributed by atoms with Crippen molar-refractivity contribution in [3.8, 4) is 5.82 Å². The Hall–Kier alpha value is -1.84. The van der Waals surface area contributed by atoms with E-state index < -0.39 is 0 Å². The van der Waals surface area contributed by atoms with Gasteiger partial charge >= 0.3 is 0 Å². The summed E-state index contributed by atoms with van der Waals surface area (Å²) in [5.74, 6) is 0.775. The Morgan fingerprint density at radius 2 is 1.88 bits per heavy atom. The van der Waals surface area contributed by atoms with Crippen LogP contribution in [0, 0.1) is 27.7 Å². The maximum absolute atomic E-state index is 5.87. The van der Waals surface area contributed by atoms with Crippen LogP contribution in [0.5, 0.6) is 0 Å². The van der Waals surface area contributed by atoms with Crippen LogP contribution < -0.4 is 5.73 Å². The molecule has 0 atom stereocenters. The minimum Gasteiger partial charge on any atom is -0.398 e. The lowest BCUT2D eigenvalue weighted by molar-refractivity contribution is 0.805. The predicted molar refractivity (Wildman–Crippen MR) is 64.7 cm³/mol. The second kappa shape index (κ2) is 3.63. The molecule has 0 aliphatic heterocycles. The van der Waals surface area contributed by atoms with Crippen LogP contribution >= 0.6 is 0 Å². The first-order valence-electron chi connectivity index (χ1n) is 5.26. The number of rotatable bonds is 1. The standard InChI is InChI=1S/C12H16N4/c1-7-6-14-12(5-11(7)13)16-10(4)8(2)9(3)15-16/h5-6H,1-4H3,(H2,13,14). The van der Waals surface area contributed by atoms with Gasteiger partial charge in [-0.25, -0.2) is 9.67 Å². The zero-order valence-electron chi connectivity index (χ0n) is 10.1. The smallest absolute Gasteiger partial charge is 0.155 e. The number of anilines is 1. The van der Waals surface area contributed by atoms with E-state index in [0.29, 0.717) is 0 Å². The van der Waals surface area contributed by atoms with Gasteiger partial charge in [-0.3, -0.25) is 0 Å². The lowest BCUT2D eigenvalue weighted by Crippen LogP contribution is -2.04. The van der Waals surface area contributed by atoms with Crippen molar-refractivity contribution in [3.63, 3.8) is 0 Å². The van der Waals surface area contributed by atoms with Gasteiger partial charge in [0.2, 0.25) is 0 Å². The summed E-state index contributed by atoms with van der Waals surface area (Å²) < 4.78 is 1.83. The molecule has 0 saturated carbocycles. The number of hydrogen-bond donors (Lipinski definition) is 1. The summed E-state index contributed by atoms with van der Waals surface area (Å²) >= 11 is 0. The molecule has 0 bridgehead atoms. The summed E-state index contributed by atoms with van der Waals surface area (Å²) in [6.45, 7) is 8.04. The van der Waals surface area contributed by atoms with E-state index in [9.17, 15) is 0 Å². The first kappa shape index (κ1) is 10.7. The largest absolute Gasteiger partial charge is 0.398 e. The predicted octanol–water partition coefficient (Wildman–Crippen LogP) is 2.08. The van der Waals surface area contributed by atoms with E-state index in [2.05, 4.69) is 17.0 Å². The number of nitrogen functional groups attached to an aromatic ring is 1. The third-order valence-electron chi connectivity index (χ3n) is 3.00. The molecule has 0 aromatic carbocycles. The molecule has 0 amide bonds. The second-order valence-corrected chi connectivity index (χ2v) is 4.11. The average Bonchev–Trinajstić information content (AvgIpc) is 2.50. The zero-order valence-corrected chi connectivity index (χ0v) is 10.1. The Labute approximate surface area is 95.1 Å². The fourth-order valence-electron chi connectivity index (χ4n) is 1.59.